The van der Waals surface area contributed by atoms with Gasteiger partial charge >= 0.3 is 11.9 Å². The van der Waals surface area contributed by atoms with E-state index in [9.17, 15) is 30.0 Å². The molecular weight excluding hydrogens is 729 g/mol. The largest absolute Gasteiger partial charge is 0.506 e. The van der Waals surface area contributed by atoms with Gasteiger partial charge in [0, 0.05) is 32.4 Å². The van der Waals surface area contributed by atoms with E-state index in [1.165, 1.54) is 30.4 Å². The van der Waals surface area contributed by atoms with Gasteiger partial charge < -0.3 is 40.1 Å². The molecule has 0 saturated heterocycles. The summed E-state index contributed by atoms with van der Waals surface area (Å²) in [6.45, 7) is 28.1. The lowest BCUT2D eigenvalue weighted by atomic mass is 9.80. The van der Waals surface area contributed by atoms with E-state index in [1.807, 2.05) is 39.0 Å². The molecule has 0 aliphatic carbocycles. The summed E-state index contributed by atoms with van der Waals surface area (Å²) in [5, 5.41) is 59.2. The number of rotatable bonds is 16. The molecule has 0 aliphatic heterocycles. The zero-order valence-corrected chi connectivity index (χ0v) is 36.7. The van der Waals surface area contributed by atoms with Crippen LogP contribution in [0.25, 0.3) is 0 Å². The lowest BCUT2D eigenvalue weighted by molar-refractivity contribution is -0.159. The molecule has 12 heteroatoms. The van der Waals surface area contributed by atoms with Crippen LogP contribution in [0.5, 0.6) is 11.5 Å². The number of hydrogen-bond donors (Lipinski definition) is 6. The SMILES string of the molecule is CC(C)(C)c1cc(SCC(C)(C(=O)O)C(CO)OCCOCCO)c(O)c(C(C)(C)C)c1.CC(CSc1cc(C(C)(C)C)cc(C(C)(C)C)c1O)C(=O)O. The molecule has 0 bridgehead atoms. The summed E-state index contributed by atoms with van der Waals surface area (Å²) in [6.07, 6.45) is -0.958. The Morgan fingerprint density at radius 3 is 1.46 bits per heavy atom. The first kappa shape index (κ1) is 49.5. The third-order valence-corrected chi connectivity index (χ3v) is 11.7. The minimum absolute atomic E-state index is 0.0264. The predicted molar refractivity (Wildman–Crippen MR) is 220 cm³/mol. The van der Waals surface area contributed by atoms with Gasteiger partial charge in [-0.2, -0.15) is 0 Å². The smallest absolute Gasteiger partial charge is 0.312 e. The Morgan fingerprint density at radius 1 is 0.667 bits per heavy atom. The number of ether oxygens (including phenoxy) is 2. The second-order valence-electron chi connectivity index (χ2n) is 18.2. The summed E-state index contributed by atoms with van der Waals surface area (Å²) < 4.78 is 10.8. The number of carboxylic acids is 2. The number of hydrogen-bond acceptors (Lipinski definition) is 10. The minimum atomic E-state index is -1.40. The van der Waals surface area contributed by atoms with Gasteiger partial charge in [0.15, 0.2) is 0 Å². The second-order valence-corrected chi connectivity index (χ2v) is 20.3. The maximum Gasteiger partial charge on any atom is 0.312 e. The quantitative estimate of drug-likeness (QED) is 0.0709. The molecule has 6 N–H and O–H groups in total. The van der Waals surface area contributed by atoms with Gasteiger partial charge in [0.05, 0.1) is 45.1 Å². The fourth-order valence-corrected chi connectivity index (χ4v) is 7.36. The van der Waals surface area contributed by atoms with Crippen LogP contribution < -0.4 is 0 Å². The van der Waals surface area contributed by atoms with Gasteiger partial charge in [-0.1, -0.05) is 102 Å². The third kappa shape index (κ3) is 14.5. The number of phenolic OH excluding ortho intramolecular Hbond substituents is 2. The van der Waals surface area contributed by atoms with Crippen molar-refractivity contribution in [1.82, 2.24) is 0 Å². The molecule has 2 aromatic rings. The number of thioether (sulfide) groups is 2. The Labute approximate surface area is 332 Å². The van der Waals surface area contributed by atoms with Gasteiger partial charge in [0.1, 0.15) is 16.9 Å². The first-order valence-electron chi connectivity index (χ1n) is 18.4. The molecular formula is C42H68O10S2. The summed E-state index contributed by atoms with van der Waals surface area (Å²) in [4.78, 5) is 24.5. The van der Waals surface area contributed by atoms with E-state index in [2.05, 4.69) is 68.4 Å². The summed E-state index contributed by atoms with van der Waals surface area (Å²) in [7, 11) is 0. The van der Waals surface area contributed by atoms with E-state index >= 15 is 0 Å². The molecule has 308 valence electrons. The molecule has 2 aromatic carbocycles. The topological polar surface area (TPSA) is 174 Å². The van der Waals surface area contributed by atoms with E-state index in [0.717, 1.165) is 27.1 Å². The standard InChI is InChI=1S/C24H40O7S.C18H28O3S/c1-22(2,3)16-12-17(23(4,5)6)20(27)18(13-16)32-15-24(7,21(28)29)19(14-26)31-11-10-30-9-8-25;1-11(16(20)21)10-22-14-9-12(17(2,3)4)8-13(15(14)19)18(5,6)7/h12-13,19,25-27H,8-11,14-15H2,1-7H3,(H,28,29);8-9,11,19H,10H2,1-7H3,(H,20,21). The van der Waals surface area contributed by atoms with Crippen LogP contribution in [0.3, 0.4) is 0 Å². The average molecular weight is 797 g/mol. The molecule has 0 saturated carbocycles. The van der Waals surface area contributed by atoms with Gasteiger partial charge in [-0.15, -0.1) is 23.5 Å². The Bertz CT molecular complexity index is 1530. The molecule has 0 aromatic heterocycles. The highest BCUT2D eigenvalue weighted by Crippen LogP contribution is 2.44. The molecule has 10 nitrogen and oxygen atoms in total. The molecule has 0 aliphatic rings. The van der Waals surface area contributed by atoms with Crippen LogP contribution >= 0.6 is 23.5 Å². The maximum atomic E-state index is 12.2. The lowest BCUT2D eigenvalue weighted by Crippen LogP contribution is -2.46. The Balaban J connectivity index is 0.000000578. The normalized spacial score (nSPS) is 14.8. The summed E-state index contributed by atoms with van der Waals surface area (Å²) in [6, 6.07) is 7.99. The first-order valence-corrected chi connectivity index (χ1v) is 20.4. The van der Waals surface area contributed by atoms with Crippen molar-refractivity contribution < 1.29 is 49.7 Å². The van der Waals surface area contributed by atoms with Crippen LogP contribution in [-0.2, 0) is 40.7 Å². The van der Waals surface area contributed by atoms with E-state index in [-0.39, 0.29) is 65.3 Å². The van der Waals surface area contributed by atoms with Crippen LogP contribution in [0.1, 0.15) is 119 Å². The number of carbonyl (C=O) groups is 2. The van der Waals surface area contributed by atoms with Crippen LogP contribution in [0.2, 0.25) is 0 Å². The highest BCUT2D eigenvalue weighted by atomic mass is 32.2. The highest BCUT2D eigenvalue weighted by Gasteiger charge is 2.43. The zero-order chi connectivity index (χ0) is 42.0. The summed E-state index contributed by atoms with van der Waals surface area (Å²) >= 11 is 2.66. The Morgan fingerprint density at radius 2 is 1.11 bits per heavy atom. The summed E-state index contributed by atoms with van der Waals surface area (Å²) in [5.74, 6) is -1.38. The van der Waals surface area contributed by atoms with Crippen LogP contribution in [0.15, 0.2) is 34.1 Å². The summed E-state index contributed by atoms with van der Waals surface area (Å²) in [5.41, 5.74) is 1.89. The molecule has 2 rings (SSSR count). The monoisotopic (exact) mass is 796 g/mol. The third-order valence-electron chi connectivity index (χ3n) is 9.08. The molecule has 0 heterocycles. The minimum Gasteiger partial charge on any atom is -0.506 e. The van der Waals surface area contributed by atoms with E-state index in [1.54, 1.807) is 6.92 Å². The molecule has 54 heavy (non-hydrogen) atoms. The number of benzene rings is 2. The molecule has 3 atom stereocenters. The first-order chi connectivity index (χ1) is 24.5. The molecule has 0 spiro atoms. The van der Waals surface area contributed by atoms with Crippen molar-refractivity contribution in [3.05, 3.63) is 46.5 Å². The zero-order valence-electron chi connectivity index (χ0n) is 35.0. The van der Waals surface area contributed by atoms with Gasteiger partial charge in [0.25, 0.3) is 0 Å². The number of carboxylic acid groups (broad SMARTS) is 2. The predicted octanol–water partition coefficient (Wildman–Crippen LogP) is 8.36. The van der Waals surface area contributed by atoms with Gasteiger partial charge in [0.2, 0.25) is 0 Å². The molecule has 0 amide bonds. The fraction of sp³-hybridized carbons (Fsp3) is 0.667. The number of aliphatic hydroxyl groups excluding tert-OH is 2. The Hall–Kier alpha value is -2.48. The Kier molecular flexibility index (Phi) is 18.4. The lowest BCUT2D eigenvalue weighted by Gasteiger charge is -2.33. The number of aliphatic hydroxyl groups is 2. The molecule has 3 unspecified atom stereocenters. The van der Waals surface area contributed by atoms with E-state index in [0.29, 0.717) is 10.6 Å². The molecule has 0 radical (unpaired) electrons. The van der Waals surface area contributed by atoms with Crippen molar-refractivity contribution >= 4 is 35.5 Å². The second kappa shape index (κ2) is 20.1. The van der Waals surface area contributed by atoms with Crippen LogP contribution in [0, 0.1) is 11.3 Å². The van der Waals surface area contributed by atoms with E-state index in [4.69, 9.17) is 19.7 Å². The van der Waals surface area contributed by atoms with Crippen molar-refractivity contribution in [1.29, 1.82) is 0 Å². The van der Waals surface area contributed by atoms with Crippen molar-refractivity contribution in [3.63, 3.8) is 0 Å². The van der Waals surface area contributed by atoms with Crippen molar-refractivity contribution in [3.8, 4) is 11.5 Å². The van der Waals surface area contributed by atoms with Gasteiger partial charge in [-0.25, -0.2) is 0 Å². The van der Waals surface area contributed by atoms with Crippen molar-refractivity contribution in [2.75, 3.05) is 44.5 Å². The van der Waals surface area contributed by atoms with E-state index < -0.39 is 36.0 Å². The average Bonchev–Trinajstić information content (AvgIpc) is 3.03. The number of phenols is 2. The fourth-order valence-electron chi connectivity index (χ4n) is 5.11. The van der Waals surface area contributed by atoms with Crippen LogP contribution in [0.4, 0.5) is 0 Å². The molecule has 0 fully saturated rings. The van der Waals surface area contributed by atoms with Gasteiger partial charge in [-0.3, -0.25) is 9.59 Å². The number of aliphatic carboxylic acids is 2. The number of aromatic hydroxyl groups is 2. The van der Waals surface area contributed by atoms with Crippen molar-refractivity contribution in [2.45, 2.75) is 134 Å². The van der Waals surface area contributed by atoms with Gasteiger partial charge in [-0.05, 0) is 51.8 Å². The maximum absolute atomic E-state index is 12.2. The van der Waals surface area contributed by atoms with Crippen LogP contribution in [-0.4, -0.2) is 93.2 Å². The highest BCUT2D eigenvalue weighted by molar-refractivity contribution is 7.99. The van der Waals surface area contributed by atoms with Crippen molar-refractivity contribution in [2.24, 2.45) is 11.3 Å².